The van der Waals surface area contributed by atoms with Gasteiger partial charge in [-0.25, -0.2) is 16.8 Å². The van der Waals surface area contributed by atoms with Crippen LogP contribution in [-0.4, -0.2) is 71.3 Å². The lowest BCUT2D eigenvalue weighted by Gasteiger charge is -2.34. The molecule has 1 aromatic heterocycles. The summed E-state index contributed by atoms with van der Waals surface area (Å²) in [5.41, 5.74) is 0.729. The number of fused-ring (bicyclic) bond motifs is 1. The van der Waals surface area contributed by atoms with E-state index >= 15 is 0 Å². The Hall–Kier alpha value is -3.13. The second kappa shape index (κ2) is 9.73. The first kappa shape index (κ1) is 24.6. The number of amides is 1. The molecule has 0 unspecified atom stereocenters. The Balaban J connectivity index is 1.21. The summed E-state index contributed by atoms with van der Waals surface area (Å²) >= 11 is 1.11. The van der Waals surface area contributed by atoms with E-state index in [2.05, 4.69) is 4.72 Å². The van der Waals surface area contributed by atoms with Crippen LogP contribution >= 0.6 is 11.3 Å². The molecule has 3 heterocycles. The molecule has 0 atom stereocenters. The highest BCUT2D eigenvalue weighted by molar-refractivity contribution is 7.94. The number of hydrogen-bond donors (Lipinski definition) is 1. The molecule has 0 spiro atoms. The van der Waals surface area contributed by atoms with Crippen molar-refractivity contribution in [3.8, 4) is 11.5 Å². The van der Waals surface area contributed by atoms with Gasteiger partial charge in [-0.1, -0.05) is 6.07 Å². The molecule has 3 aromatic rings. The van der Waals surface area contributed by atoms with Crippen molar-refractivity contribution in [1.82, 2.24) is 9.21 Å². The lowest BCUT2D eigenvalue weighted by atomic mass is 10.1. The third-order valence-corrected chi connectivity index (χ3v) is 10.5. The van der Waals surface area contributed by atoms with Gasteiger partial charge in [-0.2, -0.15) is 4.31 Å². The molecule has 1 amide bonds. The molecule has 0 saturated carbocycles. The fourth-order valence-corrected chi connectivity index (χ4v) is 7.44. The van der Waals surface area contributed by atoms with Gasteiger partial charge in [0.05, 0.1) is 4.90 Å². The van der Waals surface area contributed by atoms with Gasteiger partial charge in [0.1, 0.15) is 17.4 Å². The summed E-state index contributed by atoms with van der Waals surface area (Å²) in [6, 6.07) is 13.9. The van der Waals surface area contributed by atoms with E-state index in [1.54, 1.807) is 34.5 Å². The van der Waals surface area contributed by atoms with Gasteiger partial charge in [-0.05, 0) is 47.8 Å². The first-order valence-electron chi connectivity index (χ1n) is 11.1. The molecule has 2 aliphatic rings. The van der Waals surface area contributed by atoms with Crippen molar-refractivity contribution in [3.63, 3.8) is 0 Å². The Kier molecular flexibility index (Phi) is 6.64. The largest absolute Gasteiger partial charge is 0.486 e. The van der Waals surface area contributed by atoms with E-state index in [1.807, 2.05) is 0 Å². The van der Waals surface area contributed by atoms with Crippen molar-refractivity contribution < 1.29 is 31.1 Å². The zero-order chi connectivity index (χ0) is 25.3. The maximum atomic E-state index is 13.1. The summed E-state index contributed by atoms with van der Waals surface area (Å²) in [7, 11) is -7.43. The molecule has 2 aromatic carbocycles. The Morgan fingerprint density at radius 1 is 0.861 bits per heavy atom. The van der Waals surface area contributed by atoms with Gasteiger partial charge < -0.3 is 14.4 Å². The average Bonchev–Trinajstić information content (AvgIpc) is 3.45. The number of ether oxygens (including phenoxy) is 2. The molecule has 1 saturated heterocycles. The number of piperazine rings is 1. The first-order valence-corrected chi connectivity index (χ1v) is 14.9. The molecule has 36 heavy (non-hydrogen) atoms. The minimum Gasteiger partial charge on any atom is -0.486 e. The van der Waals surface area contributed by atoms with Crippen LogP contribution in [0.2, 0.25) is 0 Å². The highest BCUT2D eigenvalue weighted by atomic mass is 32.2. The van der Waals surface area contributed by atoms with Crippen LogP contribution in [0.25, 0.3) is 0 Å². The molecule has 13 heteroatoms. The number of carbonyl (C=O) groups is 1. The predicted molar refractivity (Wildman–Crippen MR) is 134 cm³/mol. The fraction of sp³-hybridized carbons (Fsp3) is 0.261. The van der Waals surface area contributed by atoms with Crippen molar-refractivity contribution in [2.75, 3.05) is 44.1 Å². The molecule has 190 valence electrons. The Morgan fingerprint density at radius 2 is 1.56 bits per heavy atom. The number of carbonyl (C=O) groups excluding carboxylic acids is 1. The van der Waals surface area contributed by atoms with Crippen molar-refractivity contribution in [2.45, 2.75) is 9.10 Å². The Morgan fingerprint density at radius 3 is 2.22 bits per heavy atom. The molecule has 2 aliphatic heterocycles. The summed E-state index contributed by atoms with van der Waals surface area (Å²) in [5.74, 6) is 0.664. The van der Waals surface area contributed by atoms with Crippen LogP contribution in [0.4, 0.5) is 5.69 Å². The zero-order valence-corrected chi connectivity index (χ0v) is 21.4. The number of anilines is 1. The van der Waals surface area contributed by atoms with Gasteiger partial charge in [0.15, 0.2) is 11.5 Å². The van der Waals surface area contributed by atoms with Gasteiger partial charge in [0.25, 0.3) is 15.9 Å². The molecule has 5 rings (SSSR count). The number of benzene rings is 2. The number of rotatable bonds is 6. The van der Waals surface area contributed by atoms with Gasteiger partial charge in [0.2, 0.25) is 10.0 Å². The van der Waals surface area contributed by atoms with Crippen molar-refractivity contribution in [1.29, 1.82) is 0 Å². The predicted octanol–water partition coefficient (Wildman–Crippen LogP) is 2.47. The fourth-order valence-electron chi connectivity index (χ4n) is 3.95. The summed E-state index contributed by atoms with van der Waals surface area (Å²) in [4.78, 5) is 14.7. The first-order chi connectivity index (χ1) is 17.2. The standard InChI is InChI=1S/C23H23N3O7S3/c27-23(17-3-5-18(6-4-17)24-35(28,29)22-2-1-15-34-22)25-9-11-26(12-10-25)36(30,31)19-7-8-20-21(16-19)33-14-13-32-20/h1-8,15-16,24H,9-14H2. The average molecular weight is 550 g/mol. The quantitative estimate of drug-likeness (QED) is 0.501. The van der Waals surface area contributed by atoms with E-state index in [4.69, 9.17) is 9.47 Å². The highest BCUT2D eigenvalue weighted by Crippen LogP contribution is 2.33. The molecular weight excluding hydrogens is 526 g/mol. The summed E-state index contributed by atoms with van der Waals surface area (Å²) in [6.45, 7) is 1.55. The second-order valence-electron chi connectivity index (χ2n) is 8.12. The summed E-state index contributed by atoms with van der Waals surface area (Å²) in [5, 5.41) is 1.68. The zero-order valence-electron chi connectivity index (χ0n) is 19.0. The molecule has 10 nitrogen and oxygen atoms in total. The lowest BCUT2D eigenvalue weighted by Crippen LogP contribution is -2.50. The van der Waals surface area contributed by atoms with Crippen LogP contribution in [0.5, 0.6) is 11.5 Å². The van der Waals surface area contributed by atoms with Crippen LogP contribution in [0.1, 0.15) is 10.4 Å². The van der Waals surface area contributed by atoms with E-state index in [-0.39, 0.29) is 41.2 Å². The normalized spacial score (nSPS) is 16.5. The van der Waals surface area contributed by atoms with Gasteiger partial charge >= 0.3 is 0 Å². The number of nitrogens with one attached hydrogen (secondary N) is 1. The Labute approximate surface area is 213 Å². The number of hydrogen-bond acceptors (Lipinski definition) is 8. The van der Waals surface area contributed by atoms with Crippen LogP contribution in [0.3, 0.4) is 0 Å². The molecule has 0 radical (unpaired) electrons. The van der Waals surface area contributed by atoms with E-state index in [0.717, 1.165) is 11.3 Å². The van der Waals surface area contributed by atoms with E-state index in [0.29, 0.717) is 36.0 Å². The number of thiophene rings is 1. The van der Waals surface area contributed by atoms with Crippen LogP contribution < -0.4 is 14.2 Å². The van der Waals surface area contributed by atoms with Gasteiger partial charge in [-0.15, -0.1) is 11.3 Å². The minimum atomic E-state index is -3.76. The third kappa shape index (κ3) is 4.91. The number of sulfonamides is 2. The SMILES string of the molecule is O=C(c1ccc(NS(=O)(=O)c2cccs2)cc1)N1CCN(S(=O)(=O)c2ccc3c(c2)OCCO3)CC1. The van der Waals surface area contributed by atoms with Gasteiger partial charge in [0, 0.05) is 43.5 Å². The summed E-state index contributed by atoms with van der Waals surface area (Å²) in [6.07, 6.45) is 0. The maximum Gasteiger partial charge on any atom is 0.271 e. The molecule has 1 fully saturated rings. The van der Waals surface area contributed by atoms with E-state index in [1.165, 1.54) is 34.6 Å². The summed E-state index contributed by atoms with van der Waals surface area (Å²) < 4.78 is 66.0. The second-order valence-corrected chi connectivity index (χ2v) is 12.9. The smallest absolute Gasteiger partial charge is 0.271 e. The van der Waals surface area contributed by atoms with Crippen molar-refractivity contribution >= 4 is 43.0 Å². The topological polar surface area (TPSA) is 122 Å². The van der Waals surface area contributed by atoms with Crippen LogP contribution in [0, 0.1) is 0 Å². The third-order valence-electron chi connectivity index (χ3n) is 5.82. The van der Waals surface area contributed by atoms with Crippen molar-refractivity contribution in [2.24, 2.45) is 0 Å². The molecular formula is C23H23N3O7S3. The Bertz CT molecular complexity index is 1460. The molecule has 0 bridgehead atoms. The maximum absolute atomic E-state index is 13.1. The highest BCUT2D eigenvalue weighted by Gasteiger charge is 2.31. The van der Waals surface area contributed by atoms with Crippen LogP contribution in [-0.2, 0) is 20.0 Å². The molecule has 0 aliphatic carbocycles. The lowest BCUT2D eigenvalue weighted by molar-refractivity contribution is 0.0698. The minimum absolute atomic E-state index is 0.118. The van der Waals surface area contributed by atoms with E-state index in [9.17, 15) is 21.6 Å². The van der Waals surface area contributed by atoms with Crippen molar-refractivity contribution in [3.05, 3.63) is 65.5 Å². The van der Waals surface area contributed by atoms with Gasteiger partial charge in [-0.3, -0.25) is 9.52 Å². The van der Waals surface area contributed by atoms with E-state index < -0.39 is 20.0 Å². The van der Waals surface area contributed by atoms with Crippen LogP contribution in [0.15, 0.2) is 69.1 Å². The monoisotopic (exact) mass is 549 g/mol. The number of nitrogens with zero attached hydrogens (tertiary/aromatic N) is 2. The molecule has 1 N–H and O–H groups in total.